The van der Waals surface area contributed by atoms with E-state index in [0.29, 0.717) is 31.8 Å². The molecular formula is C44H60N4O10. The Morgan fingerprint density at radius 2 is 1.53 bits per heavy atom. The highest BCUT2D eigenvalue weighted by atomic mass is 16.7. The summed E-state index contributed by atoms with van der Waals surface area (Å²) in [4.78, 5) is 41.1. The maximum Gasteiger partial charge on any atom is 0.312 e. The first kappa shape index (κ1) is 43.2. The van der Waals surface area contributed by atoms with Crippen LogP contribution in [0.1, 0.15) is 84.2 Å². The lowest BCUT2D eigenvalue weighted by molar-refractivity contribution is -0.112. The number of aromatic hydroxyl groups is 2. The van der Waals surface area contributed by atoms with Crippen LogP contribution in [0.2, 0.25) is 0 Å². The Kier molecular flexibility index (Phi) is 12.2. The van der Waals surface area contributed by atoms with Gasteiger partial charge < -0.3 is 50.0 Å². The third-order valence-corrected chi connectivity index (χ3v) is 12.6. The molecule has 14 nitrogen and oxygen atoms in total. The van der Waals surface area contributed by atoms with Gasteiger partial charge in [0.2, 0.25) is 0 Å². The molecule has 0 unspecified atom stereocenters. The first-order chi connectivity index (χ1) is 27.3. The van der Waals surface area contributed by atoms with Gasteiger partial charge in [0.1, 0.15) is 22.5 Å². The van der Waals surface area contributed by atoms with E-state index in [9.17, 15) is 35.1 Å². The highest BCUT2D eigenvalue weighted by Gasteiger charge is 2.50. The summed E-state index contributed by atoms with van der Waals surface area (Å²) in [6.07, 6.45) is 4.98. The number of anilines is 1. The topological polar surface area (TPSA) is 203 Å². The fourth-order valence-electron chi connectivity index (χ4n) is 8.81. The number of piperidine rings is 1. The Morgan fingerprint density at radius 3 is 2.17 bits per heavy atom. The van der Waals surface area contributed by atoms with Crippen LogP contribution < -0.4 is 20.8 Å². The van der Waals surface area contributed by atoms with Gasteiger partial charge in [-0.2, -0.15) is 0 Å². The number of hydrogen-bond acceptors (Lipinski definition) is 13. The first-order valence-corrected chi connectivity index (χ1v) is 20.3. The number of hydrogen-bond donors (Lipinski definition) is 6. The molecule has 4 heterocycles. The minimum absolute atomic E-state index is 0.0467. The summed E-state index contributed by atoms with van der Waals surface area (Å²) in [6.45, 7) is 18.2. The monoisotopic (exact) mass is 804 g/mol. The number of ketones is 1. The number of nitrogens with one attached hydrogen (secondary N) is 1. The molecule has 9 atom stereocenters. The minimum Gasteiger partial charge on any atom is -0.507 e. The molecule has 0 aromatic heterocycles. The zero-order valence-corrected chi connectivity index (χ0v) is 35.2. The maximum absolute atomic E-state index is 14.6. The Balaban J connectivity index is 1.54. The second kappa shape index (κ2) is 16.4. The highest BCUT2D eigenvalue weighted by molar-refractivity contribution is 6.19. The van der Waals surface area contributed by atoms with Crippen molar-refractivity contribution in [2.24, 2.45) is 39.6 Å². The summed E-state index contributed by atoms with van der Waals surface area (Å²) < 4.78 is 18.0. The van der Waals surface area contributed by atoms with Crippen LogP contribution in [0.15, 0.2) is 46.1 Å². The van der Waals surface area contributed by atoms with Crippen LogP contribution in [0.5, 0.6) is 17.2 Å². The van der Waals surface area contributed by atoms with Gasteiger partial charge in [-0.3, -0.25) is 19.6 Å². The number of fused-ring (bicyclic) bond motifs is 1. The lowest BCUT2D eigenvalue weighted by atomic mass is 9.78. The maximum atomic E-state index is 14.6. The van der Waals surface area contributed by atoms with Gasteiger partial charge in [-0.05, 0) is 25.8 Å². The number of carbonyl (C=O) groups is 2. The molecule has 4 aliphatic rings. The van der Waals surface area contributed by atoms with Crippen LogP contribution in [0.3, 0.4) is 0 Å². The second-order valence-electron chi connectivity index (χ2n) is 17.4. The van der Waals surface area contributed by atoms with Crippen LogP contribution in [0.25, 0.3) is 10.8 Å². The van der Waals surface area contributed by atoms with Crippen molar-refractivity contribution in [3.8, 4) is 17.2 Å². The van der Waals surface area contributed by atoms with Gasteiger partial charge in [0, 0.05) is 86.7 Å². The molecule has 1 fully saturated rings. The number of nitrogens with zero attached hydrogens (tertiary/aromatic N) is 3. The molecule has 0 saturated carbocycles. The Labute approximate surface area is 339 Å². The van der Waals surface area contributed by atoms with Crippen LogP contribution >= 0.6 is 0 Å². The first-order valence-electron chi connectivity index (χ1n) is 20.3. The van der Waals surface area contributed by atoms with E-state index < -0.39 is 77.0 Å². The molecule has 0 radical (unpaired) electrons. The quantitative estimate of drug-likeness (QED) is 0.243. The molecule has 316 valence electrons. The lowest BCUT2D eigenvalue weighted by Crippen LogP contribution is -2.44. The number of aliphatic hydroxyl groups excluding tert-OH is 3. The van der Waals surface area contributed by atoms with Crippen molar-refractivity contribution in [1.82, 2.24) is 4.90 Å². The molecule has 6 N–H and O–H groups in total. The van der Waals surface area contributed by atoms with E-state index in [1.165, 1.54) is 20.3 Å². The van der Waals surface area contributed by atoms with Crippen LogP contribution in [-0.2, 0) is 14.3 Å². The predicted molar refractivity (Wildman–Crippen MR) is 218 cm³/mol. The van der Waals surface area contributed by atoms with Gasteiger partial charge >= 0.3 is 5.79 Å². The van der Waals surface area contributed by atoms with Crippen molar-refractivity contribution < 1.29 is 49.3 Å². The number of carbonyl (C=O) groups excluding carboxylic acids is 2. The number of phenolic OH excluding ortho intramolecular Hbond substituents is 2. The summed E-state index contributed by atoms with van der Waals surface area (Å²) in [5.41, 5.74) is -0.508. The number of ether oxygens (including phenoxy) is 3. The number of amides is 1. The number of allylic oxidation sites excluding steroid dienone is 2. The van der Waals surface area contributed by atoms with Gasteiger partial charge in [0.25, 0.3) is 11.7 Å². The molecule has 14 heteroatoms. The Bertz CT molecular complexity index is 2170. The van der Waals surface area contributed by atoms with Crippen LogP contribution in [0, 0.1) is 36.5 Å². The number of phenols is 2. The molecule has 4 aliphatic heterocycles. The predicted octanol–water partition coefficient (Wildman–Crippen LogP) is 4.18. The third kappa shape index (κ3) is 7.65. The second-order valence-corrected chi connectivity index (χ2v) is 17.4. The molecular weight excluding hydrogens is 745 g/mol. The smallest absolute Gasteiger partial charge is 0.312 e. The van der Waals surface area contributed by atoms with Crippen molar-refractivity contribution in [3.63, 3.8) is 0 Å². The summed E-state index contributed by atoms with van der Waals surface area (Å²) in [5, 5.41) is 61.1. The van der Waals surface area contributed by atoms with Gasteiger partial charge in [-0.25, -0.2) is 0 Å². The average Bonchev–Trinajstić information content (AvgIpc) is 3.69. The molecule has 1 spiro atoms. The van der Waals surface area contributed by atoms with Gasteiger partial charge in [0.05, 0.1) is 47.0 Å². The van der Waals surface area contributed by atoms with E-state index in [1.807, 2.05) is 0 Å². The number of Topliss-reactive ketones (excluding diaryl/α,β-unsaturated/α-hetero) is 1. The van der Waals surface area contributed by atoms with E-state index in [-0.39, 0.29) is 55.4 Å². The molecule has 58 heavy (non-hydrogen) atoms. The fourth-order valence-corrected chi connectivity index (χ4v) is 8.81. The van der Waals surface area contributed by atoms with E-state index >= 15 is 0 Å². The third-order valence-electron chi connectivity index (χ3n) is 12.6. The number of methoxy groups -OCH3 is 1. The fraction of sp³-hybridized carbons (Fsp3) is 0.591. The van der Waals surface area contributed by atoms with Crippen molar-refractivity contribution in [2.45, 2.75) is 111 Å². The van der Waals surface area contributed by atoms with Gasteiger partial charge in [-0.15, -0.1) is 0 Å². The normalized spacial score (nSPS) is 33.9. The lowest BCUT2D eigenvalue weighted by Gasteiger charge is -2.36. The van der Waals surface area contributed by atoms with Crippen molar-refractivity contribution in [1.29, 1.82) is 0 Å². The zero-order chi connectivity index (χ0) is 42.6. The van der Waals surface area contributed by atoms with E-state index in [2.05, 4.69) is 24.1 Å². The largest absolute Gasteiger partial charge is 0.507 e. The number of aliphatic hydroxyl groups is 3. The Morgan fingerprint density at radius 1 is 0.914 bits per heavy atom. The summed E-state index contributed by atoms with van der Waals surface area (Å²) in [6, 6.07) is 0. The zero-order valence-electron chi connectivity index (χ0n) is 35.2. The van der Waals surface area contributed by atoms with Crippen molar-refractivity contribution in [2.75, 3.05) is 32.1 Å². The van der Waals surface area contributed by atoms with Gasteiger partial charge in [-0.1, -0.05) is 59.8 Å². The van der Waals surface area contributed by atoms with Crippen molar-refractivity contribution in [3.05, 3.63) is 58.0 Å². The van der Waals surface area contributed by atoms with E-state index in [0.717, 1.165) is 6.54 Å². The summed E-state index contributed by atoms with van der Waals surface area (Å²) in [7, 11) is 1.47. The van der Waals surface area contributed by atoms with E-state index in [4.69, 9.17) is 24.2 Å². The summed E-state index contributed by atoms with van der Waals surface area (Å²) >= 11 is 0. The minimum atomic E-state index is -1.93. The average molecular weight is 805 g/mol. The molecule has 1 saturated heterocycles. The molecule has 4 bridgehead atoms. The van der Waals surface area contributed by atoms with Crippen LogP contribution in [0.4, 0.5) is 5.69 Å². The molecule has 1 amide bonds. The number of likely N-dealkylation sites (tertiary alicyclic amines) is 1. The van der Waals surface area contributed by atoms with Gasteiger partial charge in [0.15, 0.2) is 11.4 Å². The molecule has 6 rings (SSSR count). The number of benzene rings is 2. The van der Waals surface area contributed by atoms with Crippen molar-refractivity contribution >= 4 is 28.2 Å². The Hall–Kier alpha value is -4.34. The summed E-state index contributed by atoms with van der Waals surface area (Å²) in [5.74, 6) is -5.71. The molecule has 0 aliphatic carbocycles. The molecule has 2 aromatic rings. The highest BCUT2D eigenvalue weighted by Crippen LogP contribution is 2.50. The SMILES string of the molecule is CO[C@H]1/C=C/O[C@@]2(C)Oc3c(C)c(O)c4c(O)c(c5c(c4c3C2=O)=NC2(CCN(CC(C)C)CC2)N=5)NC(=O)/C(C)=C/C=C/[C@@H](C)[C@@H](O)[C@H](C)[C@@H](O)[C@@H](C)[C@H](O)[C@H]1C. The molecule has 2 aromatic carbocycles. The van der Waals surface area contributed by atoms with E-state index in [1.54, 1.807) is 65.8 Å². The standard InChI is InChI=1S/C44H60N4O10/c1-21(2)20-48-17-15-44(16-18-48)46-32-29-30-38(52)27(8)40-31(29)41(54)43(9,58-40)57-19-14-28(56-10)24(5)36(50)26(7)37(51)25(6)35(49)22(3)12-11-13-23(4)42(55)45-34(39(30)53)33(32)47-44/h11-14,19,21-22,24-26,28,35-37,49-53H,15-18,20H2,1-10H3,(H,45,55)/b12-11+,19-14+,23-13+/t22-,24+,25+,26+,28+,35-,36-,37-,43+/m1/s1. The van der Waals surface area contributed by atoms with Crippen LogP contribution in [-0.4, -0.2) is 105 Å². The number of rotatable bonds is 3.